The molecule has 2 aromatic heterocycles. The fraction of sp³-hybridized carbons (Fsp3) is 0.400. The average molecular weight is 334 g/mol. The van der Waals surface area contributed by atoms with Crippen LogP contribution in [0.5, 0.6) is 11.8 Å². The number of carbonyl (C=O) groups is 1. The molecule has 1 atom stereocenters. The lowest BCUT2D eigenvalue weighted by atomic mass is 10.3. The van der Waals surface area contributed by atoms with Gasteiger partial charge in [-0.2, -0.15) is 0 Å². The molecule has 0 bridgehead atoms. The van der Waals surface area contributed by atoms with E-state index >= 15 is 0 Å². The molecule has 1 aliphatic rings. The van der Waals surface area contributed by atoms with Gasteiger partial charge in [0.05, 0.1) is 20.2 Å². The van der Waals surface area contributed by atoms with Gasteiger partial charge in [0.25, 0.3) is 11.8 Å². The molecular formula is C15H18N4O3S. The molecule has 0 saturated carbocycles. The topological polar surface area (TPSA) is 76.6 Å². The van der Waals surface area contributed by atoms with E-state index in [-0.39, 0.29) is 12.1 Å². The Hall–Kier alpha value is -2.35. The third-order valence-corrected chi connectivity index (χ3v) is 4.41. The molecule has 1 aliphatic heterocycles. The summed E-state index contributed by atoms with van der Waals surface area (Å²) in [4.78, 5) is 23.2. The number of hydrogen-bond donors (Lipinski definition) is 1. The van der Waals surface area contributed by atoms with E-state index in [0.29, 0.717) is 31.4 Å². The monoisotopic (exact) mass is 334 g/mol. The van der Waals surface area contributed by atoms with Gasteiger partial charge in [0.2, 0.25) is 0 Å². The fourth-order valence-corrected chi connectivity index (χ4v) is 3.03. The van der Waals surface area contributed by atoms with E-state index in [1.807, 2.05) is 17.5 Å². The number of urea groups is 1. The van der Waals surface area contributed by atoms with Crippen LogP contribution >= 0.6 is 11.3 Å². The highest BCUT2D eigenvalue weighted by molar-refractivity contribution is 7.09. The van der Waals surface area contributed by atoms with Crippen molar-refractivity contribution in [3.63, 3.8) is 0 Å². The highest BCUT2D eigenvalue weighted by Crippen LogP contribution is 2.23. The smallest absolute Gasteiger partial charge is 0.317 e. The molecule has 7 nitrogen and oxygen atoms in total. The normalized spacial score (nSPS) is 17.1. The van der Waals surface area contributed by atoms with Crippen LogP contribution < -0.4 is 14.8 Å². The van der Waals surface area contributed by atoms with Crippen molar-refractivity contribution < 1.29 is 14.3 Å². The van der Waals surface area contributed by atoms with Crippen molar-refractivity contribution >= 4 is 17.4 Å². The largest absolute Gasteiger partial charge is 0.477 e. The van der Waals surface area contributed by atoms with Crippen molar-refractivity contribution in [2.45, 2.75) is 19.1 Å². The molecule has 122 valence electrons. The molecule has 8 heteroatoms. The molecule has 23 heavy (non-hydrogen) atoms. The van der Waals surface area contributed by atoms with E-state index in [1.165, 1.54) is 7.11 Å². The molecule has 0 spiro atoms. The zero-order chi connectivity index (χ0) is 16.1. The van der Waals surface area contributed by atoms with Crippen molar-refractivity contribution in [2.24, 2.45) is 0 Å². The SMILES string of the molecule is COc1nccnc1O[C@H]1CCN(C(=O)NCc2cccs2)C1. The van der Waals surface area contributed by atoms with Crippen LogP contribution in [0, 0.1) is 0 Å². The molecule has 0 aromatic carbocycles. The summed E-state index contributed by atoms with van der Waals surface area (Å²) >= 11 is 1.63. The summed E-state index contributed by atoms with van der Waals surface area (Å²) in [6, 6.07) is 3.90. The Bertz CT molecular complexity index is 650. The highest BCUT2D eigenvalue weighted by Gasteiger charge is 2.28. The van der Waals surface area contributed by atoms with E-state index < -0.39 is 0 Å². The Kier molecular flexibility index (Phi) is 4.92. The van der Waals surface area contributed by atoms with Gasteiger partial charge >= 0.3 is 6.03 Å². The number of thiophene rings is 1. The number of likely N-dealkylation sites (tertiary alicyclic amines) is 1. The molecule has 1 N–H and O–H groups in total. The Balaban J connectivity index is 1.50. The fourth-order valence-electron chi connectivity index (χ4n) is 2.39. The van der Waals surface area contributed by atoms with Gasteiger partial charge in [-0.3, -0.25) is 0 Å². The van der Waals surface area contributed by atoms with Crippen molar-refractivity contribution in [1.82, 2.24) is 20.2 Å². The maximum atomic E-state index is 12.2. The van der Waals surface area contributed by atoms with E-state index in [4.69, 9.17) is 9.47 Å². The number of methoxy groups -OCH3 is 1. The lowest BCUT2D eigenvalue weighted by Gasteiger charge is -2.17. The molecule has 1 saturated heterocycles. The summed E-state index contributed by atoms with van der Waals surface area (Å²) < 4.78 is 10.9. The van der Waals surface area contributed by atoms with Crippen molar-refractivity contribution in [3.8, 4) is 11.8 Å². The van der Waals surface area contributed by atoms with Crippen LogP contribution in [0.15, 0.2) is 29.9 Å². The van der Waals surface area contributed by atoms with Crippen LogP contribution in [0.2, 0.25) is 0 Å². The van der Waals surface area contributed by atoms with Crippen LogP contribution in [0.3, 0.4) is 0 Å². The van der Waals surface area contributed by atoms with Crippen molar-refractivity contribution in [3.05, 3.63) is 34.8 Å². The minimum atomic E-state index is -0.104. The first kappa shape index (κ1) is 15.5. The van der Waals surface area contributed by atoms with E-state index in [1.54, 1.807) is 28.6 Å². The Morgan fingerprint density at radius 1 is 1.43 bits per heavy atom. The molecule has 3 heterocycles. The third kappa shape index (κ3) is 3.89. The van der Waals surface area contributed by atoms with E-state index in [2.05, 4.69) is 15.3 Å². The summed E-state index contributed by atoms with van der Waals surface area (Å²) in [5, 5.41) is 4.92. The van der Waals surface area contributed by atoms with Crippen LogP contribution in [0.4, 0.5) is 4.79 Å². The molecule has 2 aromatic rings. The Morgan fingerprint density at radius 3 is 3.00 bits per heavy atom. The van der Waals surface area contributed by atoms with Crippen molar-refractivity contribution in [2.75, 3.05) is 20.2 Å². The molecule has 3 rings (SSSR count). The summed E-state index contributed by atoms with van der Waals surface area (Å²) in [7, 11) is 1.52. The number of nitrogens with zero attached hydrogens (tertiary/aromatic N) is 3. The van der Waals surface area contributed by atoms with Crippen molar-refractivity contribution in [1.29, 1.82) is 0 Å². The number of aromatic nitrogens is 2. The maximum absolute atomic E-state index is 12.2. The highest BCUT2D eigenvalue weighted by atomic mass is 32.1. The van der Waals surface area contributed by atoms with Gasteiger partial charge < -0.3 is 19.7 Å². The molecular weight excluding hydrogens is 316 g/mol. The van der Waals surface area contributed by atoms with Gasteiger partial charge in [0.15, 0.2) is 0 Å². The predicted molar refractivity (Wildman–Crippen MR) is 85.7 cm³/mol. The molecule has 0 unspecified atom stereocenters. The minimum Gasteiger partial charge on any atom is -0.477 e. The Morgan fingerprint density at radius 2 is 2.26 bits per heavy atom. The van der Waals surface area contributed by atoms with E-state index in [9.17, 15) is 4.79 Å². The number of ether oxygens (including phenoxy) is 2. The number of carbonyl (C=O) groups excluding carboxylic acids is 1. The second-order valence-electron chi connectivity index (χ2n) is 5.08. The van der Waals surface area contributed by atoms with E-state index in [0.717, 1.165) is 11.3 Å². The summed E-state index contributed by atoms with van der Waals surface area (Å²) in [5.74, 6) is 0.717. The number of amides is 2. The van der Waals surface area contributed by atoms with Crippen LogP contribution in [0.25, 0.3) is 0 Å². The summed E-state index contributed by atoms with van der Waals surface area (Å²) in [5.41, 5.74) is 0. The summed E-state index contributed by atoms with van der Waals surface area (Å²) in [6.45, 7) is 1.73. The second kappa shape index (κ2) is 7.28. The first-order chi connectivity index (χ1) is 11.3. The van der Waals surface area contributed by atoms with Crippen LogP contribution in [0.1, 0.15) is 11.3 Å². The molecule has 0 aliphatic carbocycles. The molecule has 0 radical (unpaired) electrons. The van der Waals surface area contributed by atoms with Gasteiger partial charge in [-0.25, -0.2) is 14.8 Å². The second-order valence-corrected chi connectivity index (χ2v) is 6.12. The zero-order valence-electron chi connectivity index (χ0n) is 12.8. The Labute approximate surface area is 138 Å². The number of rotatable bonds is 5. The summed E-state index contributed by atoms with van der Waals surface area (Å²) in [6.07, 6.45) is 3.75. The quantitative estimate of drug-likeness (QED) is 0.904. The first-order valence-corrected chi connectivity index (χ1v) is 8.21. The zero-order valence-corrected chi connectivity index (χ0v) is 13.6. The standard InChI is InChI=1S/C15H18N4O3S/c1-21-13-14(17-6-5-16-13)22-11-4-7-19(10-11)15(20)18-9-12-3-2-8-23-12/h2-3,5-6,8,11H,4,7,9-10H2,1H3,(H,18,20)/t11-/m0/s1. The first-order valence-electron chi connectivity index (χ1n) is 7.33. The molecule has 1 fully saturated rings. The van der Waals surface area contributed by atoms with Gasteiger partial charge in [-0.1, -0.05) is 6.07 Å². The minimum absolute atomic E-state index is 0.0735. The number of hydrogen-bond acceptors (Lipinski definition) is 6. The van der Waals surface area contributed by atoms with Gasteiger partial charge in [-0.05, 0) is 11.4 Å². The van der Waals surface area contributed by atoms with Crippen LogP contribution in [-0.2, 0) is 6.54 Å². The van der Waals surface area contributed by atoms with Gasteiger partial charge in [0.1, 0.15) is 6.10 Å². The lowest BCUT2D eigenvalue weighted by Crippen LogP contribution is -2.39. The number of nitrogens with one attached hydrogen (secondary N) is 1. The lowest BCUT2D eigenvalue weighted by molar-refractivity contribution is 0.177. The van der Waals surface area contributed by atoms with Crippen LogP contribution in [-0.4, -0.2) is 47.2 Å². The average Bonchev–Trinajstić information content (AvgIpc) is 3.25. The third-order valence-electron chi connectivity index (χ3n) is 3.53. The van der Waals surface area contributed by atoms with Gasteiger partial charge in [-0.15, -0.1) is 11.3 Å². The molecule has 2 amide bonds. The van der Waals surface area contributed by atoms with Gasteiger partial charge in [0, 0.05) is 30.2 Å². The predicted octanol–water partition coefficient (Wildman–Crippen LogP) is 1.91. The maximum Gasteiger partial charge on any atom is 0.317 e.